The Morgan fingerprint density at radius 2 is 1.61 bits per heavy atom. The van der Waals surface area contributed by atoms with Gasteiger partial charge < -0.3 is 9.64 Å². The van der Waals surface area contributed by atoms with Gasteiger partial charge in [0.25, 0.3) is 5.91 Å². The van der Waals surface area contributed by atoms with Crippen LogP contribution in [0.3, 0.4) is 0 Å². The zero-order valence-electron chi connectivity index (χ0n) is 15.3. The zero-order valence-corrected chi connectivity index (χ0v) is 15.3. The molecule has 3 rings (SSSR count). The van der Waals surface area contributed by atoms with Crippen molar-refractivity contribution in [1.82, 2.24) is 4.90 Å². The fourth-order valence-corrected chi connectivity index (χ4v) is 3.25. The summed E-state index contributed by atoms with van der Waals surface area (Å²) in [5.74, 6) is -2.79. The van der Waals surface area contributed by atoms with E-state index in [1.54, 1.807) is 4.90 Å². The number of piperidine rings is 1. The van der Waals surface area contributed by atoms with Crippen LogP contribution in [-0.4, -0.2) is 29.9 Å². The minimum Gasteiger partial charge on any atom is -0.457 e. The number of amides is 1. The predicted octanol–water partition coefficient (Wildman–Crippen LogP) is 4.26. The van der Waals surface area contributed by atoms with Gasteiger partial charge in [-0.05, 0) is 62.2 Å². The minimum absolute atomic E-state index is 0.0164. The Balaban J connectivity index is 1.55. The van der Waals surface area contributed by atoms with Gasteiger partial charge in [0, 0.05) is 24.2 Å². The van der Waals surface area contributed by atoms with Crippen LogP contribution in [0.4, 0.5) is 13.2 Å². The Hall–Kier alpha value is -2.83. The topological polar surface area (TPSA) is 46.6 Å². The first kappa shape index (κ1) is 19.9. The van der Waals surface area contributed by atoms with E-state index in [0.717, 1.165) is 18.2 Å². The van der Waals surface area contributed by atoms with Gasteiger partial charge in [-0.15, -0.1) is 0 Å². The summed E-state index contributed by atoms with van der Waals surface area (Å²) in [6.07, 6.45) is -0.101. The molecule has 0 radical (unpaired) electrons. The molecule has 28 heavy (non-hydrogen) atoms. The van der Waals surface area contributed by atoms with Crippen molar-refractivity contribution in [2.24, 2.45) is 5.92 Å². The van der Waals surface area contributed by atoms with Crippen molar-refractivity contribution in [3.63, 3.8) is 0 Å². The predicted molar refractivity (Wildman–Crippen MR) is 95.9 cm³/mol. The first-order valence-electron chi connectivity index (χ1n) is 9.05. The maximum absolute atomic E-state index is 13.8. The number of hydrogen-bond acceptors (Lipinski definition) is 3. The van der Waals surface area contributed by atoms with Gasteiger partial charge in [-0.2, -0.15) is 0 Å². The number of carbonyl (C=O) groups excluding carboxylic acids is 2. The number of ether oxygens (including phenoxy) is 1. The highest BCUT2D eigenvalue weighted by atomic mass is 19.1. The van der Waals surface area contributed by atoms with Crippen molar-refractivity contribution in [2.45, 2.75) is 25.9 Å². The molecule has 7 heteroatoms. The van der Waals surface area contributed by atoms with E-state index in [4.69, 9.17) is 4.74 Å². The fraction of sp³-hybridized carbons (Fsp3) is 0.333. The van der Waals surface area contributed by atoms with E-state index in [-0.39, 0.29) is 11.5 Å². The lowest BCUT2D eigenvalue weighted by Gasteiger charge is -2.31. The number of likely N-dealkylation sites (tertiary alicyclic amines) is 1. The fourth-order valence-electron chi connectivity index (χ4n) is 3.25. The van der Waals surface area contributed by atoms with Crippen LogP contribution >= 0.6 is 0 Å². The Morgan fingerprint density at radius 3 is 2.25 bits per heavy atom. The lowest BCUT2D eigenvalue weighted by atomic mass is 9.96. The van der Waals surface area contributed by atoms with Crippen molar-refractivity contribution in [2.75, 3.05) is 13.1 Å². The van der Waals surface area contributed by atoms with E-state index in [0.29, 0.717) is 31.5 Å². The molecule has 4 nitrogen and oxygen atoms in total. The number of rotatable bonds is 4. The summed E-state index contributed by atoms with van der Waals surface area (Å²) in [5, 5.41) is 0. The second-order valence-electron chi connectivity index (χ2n) is 6.82. The van der Waals surface area contributed by atoms with Gasteiger partial charge in [0.15, 0.2) is 0 Å². The normalized spacial score (nSPS) is 15.9. The molecule has 1 atom stereocenters. The summed E-state index contributed by atoms with van der Waals surface area (Å²) < 4.78 is 45.4. The molecular formula is C21H20F3NO3. The van der Waals surface area contributed by atoms with Gasteiger partial charge in [-0.1, -0.05) is 0 Å². The highest BCUT2D eigenvalue weighted by molar-refractivity contribution is 5.94. The van der Waals surface area contributed by atoms with E-state index in [9.17, 15) is 22.8 Å². The van der Waals surface area contributed by atoms with E-state index < -0.39 is 35.4 Å². The summed E-state index contributed by atoms with van der Waals surface area (Å²) in [4.78, 5) is 26.4. The molecule has 1 fully saturated rings. The van der Waals surface area contributed by atoms with Crippen LogP contribution in [0.2, 0.25) is 0 Å². The third-order valence-electron chi connectivity index (χ3n) is 4.90. The average molecular weight is 391 g/mol. The number of halogens is 3. The maximum atomic E-state index is 13.8. The molecule has 1 unspecified atom stereocenters. The minimum atomic E-state index is -0.915. The smallest absolute Gasteiger partial charge is 0.309 e. The third kappa shape index (κ3) is 4.52. The Kier molecular flexibility index (Phi) is 6.02. The van der Waals surface area contributed by atoms with Crippen LogP contribution in [0, 0.1) is 23.4 Å². The van der Waals surface area contributed by atoms with Crippen LogP contribution in [0.25, 0.3) is 0 Å². The standard InChI is InChI=1S/C21H20F3NO3/c1-13(18-12-17(23)6-7-19(18)24)28-21(27)15-8-10-25(11-9-15)20(26)14-2-4-16(22)5-3-14/h2-7,12-13,15H,8-11H2,1H3. The quantitative estimate of drug-likeness (QED) is 0.732. The van der Waals surface area contributed by atoms with Gasteiger partial charge in [0.05, 0.1) is 5.92 Å². The van der Waals surface area contributed by atoms with Crippen LogP contribution < -0.4 is 0 Å². The molecule has 0 spiro atoms. The van der Waals surface area contributed by atoms with Crippen LogP contribution in [-0.2, 0) is 9.53 Å². The van der Waals surface area contributed by atoms with Gasteiger partial charge >= 0.3 is 5.97 Å². The molecule has 0 aromatic heterocycles. The molecule has 0 N–H and O–H groups in total. The number of esters is 1. The van der Waals surface area contributed by atoms with E-state index in [1.165, 1.54) is 31.2 Å². The van der Waals surface area contributed by atoms with Gasteiger partial charge in [0.1, 0.15) is 23.6 Å². The molecule has 1 aliphatic heterocycles. The summed E-state index contributed by atoms with van der Waals surface area (Å²) >= 11 is 0. The first-order chi connectivity index (χ1) is 13.3. The van der Waals surface area contributed by atoms with Gasteiger partial charge in [-0.25, -0.2) is 13.2 Å². The molecule has 148 valence electrons. The highest BCUT2D eigenvalue weighted by Gasteiger charge is 2.30. The van der Waals surface area contributed by atoms with Crippen molar-refractivity contribution >= 4 is 11.9 Å². The summed E-state index contributed by atoms with van der Waals surface area (Å²) in [6.45, 7) is 2.21. The molecule has 0 aliphatic carbocycles. The Labute approximate surface area is 160 Å². The van der Waals surface area contributed by atoms with Crippen LogP contribution in [0.5, 0.6) is 0 Å². The van der Waals surface area contributed by atoms with E-state index >= 15 is 0 Å². The van der Waals surface area contributed by atoms with Crippen molar-refractivity contribution in [1.29, 1.82) is 0 Å². The molecule has 0 bridgehead atoms. The molecule has 0 saturated carbocycles. The summed E-state index contributed by atoms with van der Waals surface area (Å²) in [5.41, 5.74) is 0.370. The lowest BCUT2D eigenvalue weighted by molar-refractivity contribution is -0.155. The number of carbonyl (C=O) groups is 2. The van der Waals surface area contributed by atoms with Crippen molar-refractivity contribution in [3.05, 3.63) is 71.0 Å². The molecular weight excluding hydrogens is 371 g/mol. The van der Waals surface area contributed by atoms with Crippen molar-refractivity contribution < 1.29 is 27.5 Å². The zero-order chi connectivity index (χ0) is 20.3. The molecule has 2 aromatic carbocycles. The second-order valence-corrected chi connectivity index (χ2v) is 6.82. The molecule has 1 aliphatic rings. The number of benzene rings is 2. The average Bonchev–Trinajstić information content (AvgIpc) is 2.70. The van der Waals surface area contributed by atoms with Crippen LogP contribution in [0.15, 0.2) is 42.5 Å². The van der Waals surface area contributed by atoms with Gasteiger partial charge in [0.2, 0.25) is 0 Å². The molecule has 2 aromatic rings. The van der Waals surface area contributed by atoms with Gasteiger partial charge in [-0.3, -0.25) is 9.59 Å². The lowest BCUT2D eigenvalue weighted by Crippen LogP contribution is -2.40. The molecule has 1 amide bonds. The Bertz CT molecular complexity index is 862. The molecule has 1 saturated heterocycles. The highest BCUT2D eigenvalue weighted by Crippen LogP contribution is 2.26. The SMILES string of the molecule is CC(OC(=O)C1CCN(C(=O)c2ccc(F)cc2)CC1)c1cc(F)ccc1F. The summed E-state index contributed by atoms with van der Waals surface area (Å²) in [7, 11) is 0. The monoisotopic (exact) mass is 391 g/mol. The number of hydrogen-bond donors (Lipinski definition) is 0. The third-order valence-corrected chi connectivity index (χ3v) is 4.90. The number of nitrogens with zero attached hydrogens (tertiary/aromatic N) is 1. The summed E-state index contributed by atoms with van der Waals surface area (Å²) in [6, 6.07) is 8.31. The van der Waals surface area contributed by atoms with Crippen LogP contribution in [0.1, 0.15) is 41.8 Å². The molecule has 1 heterocycles. The largest absolute Gasteiger partial charge is 0.457 e. The maximum Gasteiger partial charge on any atom is 0.309 e. The van der Waals surface area contributed by atoms with E-state index in [1.807, 2.05) is 0 Å². The Morgan fingerprint density at radius 1 is 1.00 bits per heavy atom. The second kappa shape index (κ2) is 8.46. The van der Waals surface area contributed by atoms with Crippen molar-refractivity contribution in [3.8, 4) is 0 Å². The van der Waals surface area contributed by atoms with E-state index in [2.05, 4.69) is 0 Å². The first-order valence-corrected chi connectivity index (χ1v) is 9.05.